The summed E-state index contributed by atoms with van der Waals surface area (Å²) in [5.74, 6) is -0.483. The third kappa shape index (κ3) is 2.13. The normalized spacial score (nSPS) is 10.9. The maximum atomic E-state index is 13.1. The van der Waals surface area contributed by atoms with Gasteiger partial charge in [-0.3, -0.25) is 9.36 Å². The van der Waals surface area contributed by atoms with Gasteiger partial charge in [0.05, 0.1) is 10.9 Å². The van der Waals surface area contributed by atoms with Gasteiger partial charge in [0.1, 0.15) is 5.82 Å². The fourth-order valence-corrected chi connectivity index (χ4v) is 1.74. The van der Waals surface area contributed by atoms with E-state index in [1.165, 1.54) is 12.1 Å². The summed E-state index contributed by atoms with van der Waals surface area (Å²) in [6.07, 6.45) is 1.62. The molecule has 0 aliphatic rings. The first-order chi connectivity index (χ1) is 8.13. The number of benzene rings is 1. The number of nitrogens with zero attached hydrogens (tertiary/aromatic N) is 1. The Balaban J connectivity index is 2.69. The first-order valence-corrected chi connectivity index (χ1v) is 5.56. The Labute approximate surface area is 96.7 Å². The van der Waals surface area contributed by atoms with Crippen molar-refractivity contribution >= 4 is 10.9 Å². The molecule has 0 saturated carbocycles. The standard InChI is InChI=1S/C12H13FN2O2/c1-2-3-6-15-11(16)9-7-8(13)4-5-10(9)14-12(15)17/h4-5,7H,2-3,6H2,1H3,(H,14,17). The maximum Gasteiger partial charge on any atom is 0.328 e. The number of unbranched alkanes of at least 4 members (excludes halogenated alkanes) is 1. The number of H-pyrrole nitrogens is 1. The van der Waals surface area contributed by atoms with Crippen LogP contribution < -0.4 is 11.2 Å². The molecule has 17 heavy (non-hydrogen) atoms. The Morgan fingerprint density at radius 2 is 2.12 bits per heavy atom. The molecule has 0 fully saturated rings. The number of aromatic nitrogens is 2. The van der Waals surface area contributed by atoms with Crippen LogP contribution in [0.25, 0.3) is 10.9 Å². The number of nitrogens with one attached hydrogen (secondary N) is 1. The molecule has 90 valence electrons. The number of halogens is 1. The number of rotatable bonds is 3. The molecule has 5 heteroatoms. The van der Waals surface area contributed by atoms with Gasteiger partial charge >= 0.3 is 5.69 Å². The highest BCUT2D eigenvalue weighted by atomic mass is 19.1. The lowest BCUT2D eigenvalue weighted by atomic mass is 10.2. The topological polar surface area (TPSA) is 54.9 Å². The zero-order valence-electron chi connectivity index (χ0n) is 9.50. The lowest BCUT2D eigenvalue weighted by Crippen LogP contribution is -2.35. The molecule has 0 amide bonds. The molecule has 0 atom stereocenters. The van der Waals surface area contributed by atoms with E-state index >= 15 is 0 Å². The highest BCUT2D eigenvalue weighted by Gasteiger charge is 2.07. The molecule has 1 heterocycles. The van der Waals surface area contributed by atoms with E-state index in [0.717, 1.165) is 23.5 Å². The van der Waals surface area contributed by atoms with Crippen LogP contribution in [-0.4, -0.2) is 9.55 Å². The van der Waals surface area contributed by atoms with Gasteiger partial charge in [-0.15, -0.1) is 0 Å². The van der Waals surface area contributed by atoms with Gasteiger partial charge in [0, 0.05) is 6.54 Å². The van der Waals surface area contributed by atoms with Gasteiger partial charge in [0.15, 0.2) is 0 Å². The van der Waals surface area contributed by atoms with Crippen molar-refractivity contribution in [3.05, 3.63) is 44.9 Å². The number of hydrogen-bond donors (Lipinski definition) is 1. The van der Waals surface area contributed by atoms with Crippen LogP contribution in [0.2, 0.25) is 0 Å². The molecular formula is C12H13FN2O2. The van der Waals surface area contributed by atoms with Crippen LogP contribution in [0.1, 0.15) is 19.8 Å². The summed E-state index contributed by atoms with van der Waals surface area (Å²) in [7, 11) is 0. The van der Waals surface area contributed by atoms with Crippen LogP contribution in [0.3, 0.4) is 0 Å². The molecule has 4 nitrogen and oxygen atoms in total. The van der Waals surface area contributed by atoms with Crippen molar-refractivity contribution in [2.24, 2.45) is 0 Å². The minimum atomic E-state index is -0.483. The van der Waals surface area contributed by atoms with Gasteiger partial charge in [-0.1, -0.05) is 13.3 Å². The van der Waals surface area contributed by atoms with Crippen molar-refractivity contribution in [2.45, 2.75) is 26.3 Å². The van der Waals surface area contributed by atoms with E-state index in [0.29, 0.717) is 12.1 Å². The van der Waals surface area contributed by atoms with Gasteiger partial charge in [0.2, 0.25) is 0 Å². The van der Waals surface area contributed by atoms with Crippen LogP contribution in [0.15, 0.2) is 27.8 Å². The molecule has 1 aromatic carbocycles. The summed E-state index contributed by atoms with van der Waals surface area (Å²) >= 11 is 0. The predicted molar refractivity (Wildman–Crippen MR) is 63.7 cm³/mol. The van der Waals surface area contributed by atoms with E-state index in [1.807, 2.05) is 6.92 Å². The summed E-state index contributed by atoms with van der Waals surface area (Å²) in [6, 6.07) is 3.77. The van der Waals surface area contributed by atoms with Gasteiger partial charge in [-0.25, -0.2) is 9.18 Å². The Bertz CT molecular complexity index is 658. The Morgan fingerprint density at radius 3 is 2.82 bits per heavy atom. The molecule has 2 aromatic rings. The monoisotopic (exact) mass is 236 g/mol. The van der Waals surface area contributed by atoms with Crippen LogP contribution in [0.4, 0.5) is 4.39 Å². The number of aromatic amines is 1. The Hall–Kier alpha value is -1.91. The minimum absolute atomic E-state index is 0.209. The molecule has 1 aromatic heterocycles. The second-order valence-electron chi connectivity index (χ2n) is 3.93. The summed E-state index contributed by atoms with van der Waals surface area (Å²) in [4.78, 5) is 26.2. The van der Waals surface area contributed by atoms with Crippen molar-refractivity contribution in [3.63, 3.8) is 0 Å². The zero-order valence-corrected chi connectivity index (χ0v) is 9.50. The molecular weight excluding hydrogens is 223 g/mol. The number of hydrogen-bond acceptors (Lipinski definition) is 2. The minimum Gasteiger partial charge on any atom is -0.307 e. The molecule has 0 radical (unpaired) electrons. The average Bonchev–Trinajstić information content (AvgIpc) is 2.30. The van der Waals surface area contributed by atoms with Gasteiger partial charge in [-0.2, -0.15) is 0 Å². The van der Waals surface area contributed by atoms with Crippen molar-refractivity contribution in [2.75, 3.05) is 0 Å². The molecule has 0 unspecified atom stereocenters. The smallest absolute Gasteiger partial charge is 0.307 e. The van der Waals surface area contributed by atoms with E-state index in [4.69, 9.17) is 0 Å². The fraction of sp³-hybridized carbons (Fsp3) is 0.333. The predicted octanol–water partition coefficient (Wildman–Crippen LogP) is 1.63. The lowest BCUT2D eigenvalue weighted by Gasteiger charge is -2.05. The highest BCUT2D eigenvalue weighted by Crippen LogP contribution is 2.07. The average molecular weight is 236 g/mol. The molecule has 0 spiro atoms. The quantitative estimate of drug-likeness (QED) is 0.880. The molecule has 2 rings (SSSR count). The van der Waals surface area contributed by atoms with Gasteiger partial charge in [0.25, 0.3) is 5.56 Å². The SMILES string of the molecule is CCCCn1c(=O)[nH]c2ccc(F)cc2c1=O. The second kappa shape index (κ2) is 4.53. The third-order valence-corrected chi connectivity index (χ3v) is 2.68. The highest BCUT2D eigenvalue weighted by molar-refractivity contribution is 5.77. The van der Waals surface area contributed by atoms with E-state index in [1.54, 1.807) is 0 Å². The molecule has 0 aliphatic carbocycles. The van der Waals surface area contributed by atoms with Crippen LogP contribution in [-0.2, 0) is 6.54 Å². The fourth-order valence-electron chi connectivity index (χ4n) is 1.74. The summed E-state index contributed by atoms with van der Waals surface area (Å²) in [5.41, 5.74) is -0.506. The van der Waals surface area contributed by atoms with E-state index < -0.39 is 17.1 Å². The molecule has 1 N–H and O–H groups in total. The summed E-state index contributed by atoms with van der Waals surface area (Å²) in [5, 5.41) is 0.209. The van der Waals surface area contributed by atoms with Crippen LogP contribution in [0.5, 0.6) is 0 Å². The van der Waals surface area contributed by atoms with Gasteiger partial charge < -0.3 is 4.98 Å². The first kappa shape index (κ1) is 11.6. The molecule has 0 aliphatic heterocycles. The van der Waals surface area contributed by atoms with E-state index in [2.05, 4.69) is 4.98 Å². The second-order valence-corrected chi connectivity index (χ2v) is 3.93. The molecule has 0 bridgehead atoms. The first-order valence-electron chi connectivity index (χ1n) is 5.56. The van der Waals surface area contributed by atoms with Crippen LogP contribution >= 0.6 is 0 Å². The number of fused-ring (bicyclic) bond motifs is 1. The largest absolute Gasteiger partial charge is 0.328 e. The van der Waals surface area contributed by atoms with Crippen molar-refractivity contribution < 1.29 is 4.39 Å². The Kier molecular flexibility index (Phi) is 3.08. The van der Waals surface area contributed by atoms with E-state index in [-0.39, 0.29) is 5.39 Å². The van der Waals surface area contributed by atoms with Crippen molar-refractivity contribution in [3.8, 4) is 0 Å². The van der Waals surface area contributed by atoms with E-state index in [9.17, 15) is 14.0 Å². The summed E-state index contributed by atoms with van der Waals surface area (Å²) < 4.78 is 14.2. The molecule has 0 saturated heterocycles. The maximum absolute atomic E-state index is 13.1. The summed E-state index contributed by atoms with van der Waals surface area (Å²) in [6.45, 7) is 2.33. The zero-order chi connectivity index (χ0) is 12.4. The van der Waals surface area contributed by atoms with Crippen molar-refractivity contribution in [1.82, 2.24) is 9.55 Å². The van der Waals surface area contributed by atoms with Crippen molar-refractivity contribution in [1.29, 1.82) is 0 Å². The van der Waals surface area contributed by atoms with Crippen LogP contribution in [0, 0.1) is 5.82 Å². The Morgan fingerprint density at radius 1 is 1.35 bits per heavy atom. The lowest BCUT2D eigenvalue weighted by molar-refractivity contribution is 0.588. The van der Waals surface area contributed by atoms with Gasteiger partial charge in [-0.05, 0) is 24.6 Å². The third-order valence-electron chi connectivity index (χ3n) is 2.68.